The highest BCUT2D eigenvalue weighted by Crippen LogP contribution is 2.14. The lowest BCUT2D eigenvalue weighted by Gasteiger charge is -2.09. The van der Waals surface area contributed by atoms with Crippen molar-refractivity contribution in [3.63, 3.8) is 0 Å². The van der Waals surface area contributed by atoms with Crippen molar-refractivity contribution in [3.8, 4) is 0 Å². The maximum atomic E-state index is 11.7. The summed E-state index contributed by atoms with van der Waals surface area (Å²) in [5.74, 6) is -0.435. The molecule has 17 heavy (non-hydrogen) atoms. The number of carbonyl (C=O) groups is 1. The van der Waals surface area contributed by atoms with Gasteiger partial charge in [-0.25, -0.2) is 0 Å². The van der Waals surface area contributed by atoms with E-state index in [0.717, 1.165) is 0 Å². The summed E-state index contributed by atoms with van der Waals surface area (Å²) in [6.07, 6.45) is 1.28. The molecular formula is C10H15N3O4. The second-order valence-corrected chi connectivity index (χ2v) is 3.95. The van der Waals surface area contributed by atoms with E-state index in [9.17, 15) is 14.9 Å². The fourth-order valence-electron chi connectivity index (χ4n) is 1.29. The van der Waals surface area contributed by atoms with E-state index in [4.69, 9.17) is 5.11 Å². The van der Waals surface area contributed by atoms with Gasteiger partial charge in [-0.05, 0) is 5.92 Å². The zero-order valence-electron chi connectivity index (χ0n) is 9.71. The Kier molecular flexibility index (Phi) is 4.22. The summed E-state index contributed by atoms with van der Waals surface area (Å²) in [7, 11) is 1.57. The smallest absolute Gasteiger partial charge is 0.287 e. The highest BCUT2D eigenvalue weighted by atomic mass is 16.6. The third kappa shape index (κ3) is 3.28. The second-order valence-electron chi connectivity index (χ2n) is 3.95. The van der Waals surface area contributed by atoms with Gasteiger partial charge in [-0.15, -0.1) is 0 Å². The topological polar surface area (TPSA) is 97.4 Å². The van der Waals surface area contributed by atoms with Gasteiger partial charge in [0.25, 0.3) is 11.6 Å². The number of amides is 1. The second kappa shape index (κ2) is 5.44. The minimum atomic E-state index is -0.548. The summed E-state index contributed by atoms with van der Waals surface area (Å²) in [4.78, 5) is 21.7. The highest BCUT2D eigenvalue weighted by Gasteiger charge is 2.17. The molecule has 1 atom stereocenters. The van der Waals surface area contributed by atoms with Gasteiger partial charge in [-0.1, -0.05) is 6.92 Å². The molecule has 94 valence electrons. The molecule has 1 aromatic heterocycles. The van der Waals surface area contributed by atoms with Gasteiger partial charge < -0.3 is 15.0 Å². The number of aromatic nitrogens is 1. The number of hydrogen-bond acceptors (Lipinski definition) is 4. The molecule has 1 rings (SSSR count). The van der Waals surface area contributed by atoms with Crippen LogP contribution in [0, 0.1) is 16.0 Å². The molecule has 0 bridgehead atoms. The standard InChI is InChI=1S/C10H15N3O4/c1-7(6-14)4-11-10(15)9-3-8(13(16)17)5-12(9)2/h3,5,7,14H,4,6H2,1-2H3,(H,11,15). The highest BCUT2D eigenvalue weighted by molar-refractivity contribution is 5.93. The molecule has 0 aliphatic rings. The van der Waals surface area contributed by atoms with Gasteiger partial charge in [0.1, 0.15) is 5.69 Å². The van der Waals surface area contributed by atoms with Crippen LogP contribution < -0.4 is 5.32 Å². The SMILES string of the molecule is CC(CO)CNC(=O)c1cc([N+](=O)[O-])cn1C. The van der Waals surface area contributed by atoms with Crippen molar-refractivity contribution in [1.82, 2.24) is 9.88 Å². The van der Waals surface area contributed by atoms with E-state index in [-0.39, 0.29) is 29.8 Å². The first-order valence-corrected chi connectivity index (χ1v) is 5.15. The van der Waals surface area contributed by atoms with E-state index in [1.54, 1.807) is 14.0 Å². The fraction of sp³-hybridized carbons (Fsp3) is 0.500. The maximum Gasteiger partial charge on any atom is 0.287 e. The third-order valence-electron chi connectivity index (χ3n) is 2.36. The van der Waals surface area contributed by atoms with Crippen LogP contribution in [-0.2, 0) is 7.05 Å². The summed E-state index contributed by atoms with van der Waals surface area (Å²) in [5, 5.41) is 21.9. The molecule has 7 nitrogen and oxygen atoms in total. The van der Waals surface area contributed by atoms with E-state index in [1.165, 1.54) is 16.8 Å². The van der Waals surface area contributed by atoms with Crippen LogP contribution in [0.3, 0.4) is 0 Å². The van der Waals surface area contributed by atoms with Crippen LogP contribution in [0.15, 0.2) is 12.3 Å². The van der Waals surface area contributed by atoms with Crippen molar-refractivity contribution < 1.29 is 14.8 Å². The lowest BCUT2D eigenvalue weighted by atomic mass is 10.2. The lowest BCUT2D eigenvalue weighted by molar-refractivity contribution is -0.384. The van der Waals surface area contributed by atoms with Crippen molar-refractivity contribution >= 4 is 11.6 Å². The predicted molar refractivity (Wildman–Crippen MR) is 60.7 cm³/mol. The Morgan fingerprint density at radius 2 is 2.35 bits per heavy atom. The number of aliphatic hydroxyl groups is 1. The molecule has 7 heteroatoms. The average molecular weight is 241 g/mol. The first kappa shape index (κ1) is 13.2. The van der Waals surface area contributed by atoms with E-state index in [2.05, 4.69) is 5.32 Å². The van der Waals surface area contributed by atoms with Crippen LogP contribution in [0.2, 0.25) is 0 Å². The van der Waals surface area contributed by atoms with Crippen LogP contribution in [0.25, 0.3) is 0 Å². The Morgan fingerprint density at radius 3 is 2.82 bits per heavy atom. The molecule has 1 heterocycles. The molecule has 2 N–H and O–H groups in total. The van der Waals surface area contributed by atoms with Gasteiger partial charge in [0.05, 0.1) is 11.1 Å². The molecule has 0 radical (unpaired) electrons. The van der Waals surface area contributed by atoms with Gasteiger partial charge >= 0.3 is 0 Å². The van der Waals surface area contributed by atoms with Gasteiger partial charge in [0.2, 0.25) is 0 Å². The average Bonchev–Trinajstić information content (AvgIpc) is 2.68. The van der Waals surface area contributed by atoms with Crippen molar-refractivity contribution in [2.75, 3.05) is 13.2 Å². The minimum absolute atomic E-state index is 0.0203. The van der Waals surface area contributed by atoms with Crippen LogP contribution in [-0.4, -0.2) is 33.7 Å². The van der Waals surface area contributed by atoms with E-state index < -0.39 is 4.92 Å². The number of aryl methyl sites for hydroxylation is 1. The number of nitro groups is 1. The van der Waals surface area contributed by atoms with Crippen LogP contribution in [0.5, 0.6) is 0 Å². The van der Waals surface area contributed by atoms with Gasteiger partial charge in [0, 0.05) is 26.3 Å². The fourth-order valence-corrected chi connectivity index (χ4v) is 1.29. The summed E-state index contributed by atoms with van der Waals surface area (Å²) in [6.45, 7) is 2.09. The first-order valence-electron chi connectivity index (χ1n) is 5.15. The minimum Gasteiger partial charge on any atom is -0.396 e. The monoisotopic (exact) mass is 241 g/mol. The summed E-state index contributed by atoms with van der Waals surface area (Å²) >= 11 is 0. The van der Waals surface area contributed by atoms with Crippen molar-refractivity contribution in [3.05, 3.63) is 28.1 Å². The quantitative estimate of drug-likeness (QED) is 0.572. The third-order valence-corrected chi connectivity index (χ3v) is 2.36. The summed E-state index contributed by atoms with van der Waals surface area (Å²) in [5.41, 5.74) is 0.106. The Labute approximate surface area is 98.2 Å². The number of nitrogens with zero attached hydrogens (tertiary/aromatic N) is 2. The van der Waals surface area contributed by atoms with Crippen molar-refractivity contribution in [2.24, 2.45) is 13.0 Å². The molecule has 1 amide bonds. The van der Waals surface area contributed by atoms with Crippen LogP contribution in [0.4, 0.5) is 5.69 Å². The Hall–Kier alpha value is -1.89. The van der Waals surface area contributed by atoms with Gasteiger partial charge in [-0.3, -0.25) is 14.9 Å². The van der Waals surface area contributed by atoms with E-state index in [1.807, 2.05) is 0 Å². The normalized spacial score (nSPS) is 12.2. The van der Waals surface area contributed by atoms with E-state index in [0.29, 0.717) is 6.54 Å². The molecule has 1 aromatic rings. The van der Waals surface area contributed by atoms with E-state index >= 15 is 0 Å². The molecule has 0 aliphatic carbocycles. The first-order chi connectivity index (χ1) is 7.95. The molecule has 0 aromatic carbocycles. The molecule has 1 unspecified atom stereocenters. The summed E-state index contributed by atoms with van der Waals surface area (Å²) in [6, 6.07) is 1.22. The number of carbonyl (C=O) groups excluding carboxylic acids is 1. The number of hydrogen-bond donors (Lipinski definition) is 2. The number of nitrogens with one attached hydrogen (secondary N) is 1. The number of rotatable bonds is 5. The van der Waals surface area contributed by atoms with Gasteiger partial charge in [-0.2, -0.15) is 0 Å². The Morgan fingerprint density at radius 1 is 1.71 bits per heavy atom. The largest absolute Gasteiger partial charge is 0.396 e. The predicted octanol–water partition coefficient (Wildman–Crippen LogP) is 0.291. The molecular weight excluding hydrogens is 226 g/mol. The molecule has 0 spiro atoms. The zero-order valence-corrected chi connectivity index (χ0v) is 9.71. The summed E-state index contributed by atoms with van der Waals surface area (Å²) < 4.78 is 1.40. The van der Waals surface area contributed by atoms with Crippen molar-refractivity contribution in [2.45, 2.75) is 6.92 Å². The Balaban J connectivity index is 2.72. The van der Waals surface area contributed by atoms with Crippen molar-refractivity contribution in [1.29, 1.82) is 0 Å². The van der Waals surface area contributed by atoms with Crippen LogP contribution in [0.1, 0.15) is 17.4 Å². The molecule has 0 aliphatic heterocycles. The maximum absolute atomic E-state index is 11.7. The van der Waals surface area contributed by atoms with Gasteiger partial charge in [0.15, 0.2) is 0 Å². The Bertz CT molecular complexity index is 427. The zero-order chi connectivity index (χ0) is 13.0. The molecule has 0 saturated carbocycles. The number of aliphatic hydroxyl groups excluding tert-OH is 1. The lowest BCUT2D eigenvalue weighted by Crippen LogP contribution is -2.30. The molecule has 0 fully saturated rings. The van der Waals surface area contributed by atoms with Crippen LogP contribution >= 0.6 is 0 Å². The molecule has 0 saturated heterocycles.